The summed E-state index contributed by atoms with van der Waals surface area (Å²) < 4.78 is 20.9. The largest absolute Gasteiger partial charge is 0.493 e. The van der Waals surface area contributed by atoms with Gasteiger partial charge in [-0.05, 0) is 59.7 Å². The molecule has 0 fully saturated rings. The van der Waals surface area contributed by atoms with Crippen LogP contribution in [0.25, 0.3) is 12.2 Å². The molecule has 0 amide bonds. The molecule has 0 unspecified atom stereocenters. The lowest BCUT2D eigenvalue weighted by molar-refractivity contribution is -0.384. The van der Waals surface area contributed by atoms with Crippen molar-refractivity contribution in [1.82, 2.24) is 0 Å². The number of non-ortho nitro benzene ring substituents is 1. The smallest absolute Gasteiger partial charge is 0.363 e. The minimum Gasteiger partial charge on any atom is -0.493 e. The van der Waals surface area contributed by atoms with E-state index in [9.17, 15) is 19.7 Å². The molecule has 0 bridgehead atoms. The first-order chi connectivity index (χ1) is 16.4. The number of methoxy groups -OCH3 is 1. The van der Waals surface area contributed by atoms with E-state index >= 15 is 0 Å². The maximum Gasteiger partial charge on any atom is 0.363 e. The SMILES string of the molecule is COc1cc(/C=C2/N=C(c3ccco3)OC2=O)ccc1OC(=O)/C=C/c1ccc([N+](=O)[O-])cc1. The highest BCUT2D eigenvalue weighted by molar-refractivity contribution is 6.11. The molecule has 4 rings (SSSR count). The molecule has 34 heavy (non-hydrogen) atoms. The van der Waals surface area contributed by atoms with Crippen molar-refractivity contribution in [3.05, 3.63) is 99.6 Å². The number of nitro groups is 1. The molecule has 10 nitrogen and oxygen atoms in total. The third kappa shape index (κ3) is 5.07. The summed E-state index contributed by atoms with van der Waals surface area (Å²) in [6.45, 7) is 0. The molecular formula is C24H16N2O8. The van der Waals surface area contributed by atoms with Gasteiger partial charge in [-0.2, -0.15) is 0 Å². The summed E-state index contributed by atoms with van der Waals surface area (Å²) in [6, 6.07) is 13.7. The predicted octanol–water partition coefficient (Wildman–Crippen LogP) is 4.16. The number of esters is 2. The van der Waals surface area contributed by atoms with Gasteiger partial charge in [-0.25, -0.2) is 14.6 Å². The van der Waals surface area contributed by atoms with E-state index in [2.05, 4.69) is 4.99 Å². The fourth-order valence-corrected chi connectivity index (χ4v) is 2.94. The summed E-state index contributed by atoms with van der Waals surface area (Å²) >= 11 is 0. The van der Waals surface area contributed by atoms with Crippen molar-refractivity contribution in [3.63, 3.8) is 0 Å². The van der Waals surface area contributed by atoms with Gasteiger partial charge in [-0.1, -0.05) is 6.07 Å². The summed E-state index contributed by atoms with van der Waals surface area (Å²) in [5.41, 5.74) is 1.18. The van der Waals surface area contributed by atoms with Crippen LogP contribution >= 0.6 is 0 Å². The number of carbonyl (C=O) groups excluding carboxylic acids is 2. The molecule has 0 saturated carbocycles. The van der Waals surface area contributed by atoms with Crippen molar-refractivity contribution < 1.29 is 33.1 Å². The van der Waals surface area contributed by atoms with Crippen molar-refractivity contribution in [2.45, 2.75) is 0 Å². The number of carbonyl (C=O) groups is 2. The van der Waals surface area contributed by atoms with Gasteiger partial charge in [0.05, 0.1) is 18.3 Å². The lowest BCUT2D eigenvalue weighted by Crippen LogP contribution is -2.05. The standard InChI is InChI=1S/C24H16N2O8/c1-31-21-14-16(13-18-24(28)34-23(25-18)20-3-2-12-32-20)6-10-19(21)33-22(27)11-7-15-4-8-17(9-5-15)26(29)30/h2-14H,1H3/b11-7+,18-13+. The number of nitrogens with zero attached hydrogens (tertiary/aromatic N) is 2. The van der Waals surface area contributed by atoms with Gasteiger partial charge in [0, 0.05) is 18.2 Å². The highest BCUT2D eigenvalue weighted by Gasteiger charge is 2.26. The molecule has 10 heteroatoms. The molecule has 0 radical (unpaired) electrons. The van der Waals surface area contributed by atoms with Gasteiger partial charge in [0.25, 0.3) is 11.6 Å². The van der Waals surface area contributed by atoms with E-state index in [1.807, 2.05) is 0 Å². The van der Waals surface area contributed by atoms with Gasteiger partial charge in [0.15, 0.2) is 23.0 Å². The lowest BCUT2D eigenvalue weighted by Gasteiger charge is -2.08. The Kier molecular flexibility index (Phi) is 6.31. The Morgan fingerprint density at radius 2 is 1.85 bits per heavy atom. The van der Waals surface area contributed by atoms with E-state index in [0.717, 1.165) is 0 Å². The molecule has 0 N–H and O–H groups in total. The summed E-state index contributed by atoms with van der Waals surface area (Å²) in [5, 5.41) is 10.7. The number of rotatable bonds is 7. The zero-order valence-electron chi connectivity index (χ0n) is 17.7. The summed E-state index contributed by atoms with van der Waals surface area (Å²) in [5.74, 6) is -0.478. The molecule has 1 aliphatic heterocycles. The second-order valence-electron chi connectivity index (χ2n) is 6.83. The van der Waals surface area contributed by atoms with Crippen LogP contribution < -0.4 is 9.47 Å². The first kappa shape index (κ1) is 22.2. The minimum atomic E-state index is -0.671. The Morgan fingerprint density at radius 1 is 1.09 bits per heavy atom. The molecule has 0 spiro atoms. The Labute approximate surface area is 192 Å². The maximum absolute atomic E-state index is 12.2. The van der Waals surface area contributed by atoms with Crippen LogP contribution in [0, 0.1) is 10.1 Å². The second-order valence-corrected chi connectivity index (χ2v) is 6.83. The third-order valence-electron chi connectivity index (χ3n) is 4.57. The van der Waals surface area contributed by atoms with E-state index in [4.69, 9.17) is 18.6 Å². The number of benzene rings is 2. The topological polar surface area (TPSA) is 130 Å². The molecular weight excluding hydrogens is 444 g/mol. The van der Waals surface area contributed by atoms with Crippen molar-refractivity contribution in [2.24, 2.45) is 4.99 Å². The van der Waals surface area contributed by atoms with Crippen molar-refractivity contribution in [2.75, 3.05) is 7.11 Å². The first-order valence-corrected chi connectivity index (χ1v) is 9.82. The van der Waals surface area contributed by atoms with Crippen LogP contribution in [0.1, 0.15) is 16.9 Å². The average molecular weight is 460 g/mol. The summed E-state index contributed by atoms with van der Waals surface area (Å²) in [4.78, 5) is 38.7. The highest BCUT2D eigenvalue weighted by Crippen LogP contribution is 2.30. The normalized spacial score (nSPS) is 14.2. The van der Waals surface area contributed by atoms with Crippen LogP contribution in [-0.2, 0) is 14.3 Å². The summed E-state index contributed by atoms with van der Waals surface area (Å²) in [6.07, 6.45) is 5.60. The average Bonchev–Trinajstić information content (AvgIpc) is 3.49. The molecule has 2 heterocycles. The molecule has 1 aliphatic rings. The van der Waals surface area contributed by atoms with Gasteiger partial charge >= 0.3 is 11.9 Å². The van der Waals surface area contributed by atoms with Gasteiger partial charge < -0.3 is 18.6 Å². The molecule has 170 valence electrons. The van der Waals surface area contributed by atoms with Crippen LogP contribution in [-0.4, -0.2) is 29.9 Å². The summed E-state index contributed by atoms with van der Waals surface area (Å²) in [7, 11) is 1.41. The van der Waals surface area contributed by atoms with E-state index < -0.39 is 16.9 Å². The Morgan fingerprint density at radius 3 is 2.53 bits per heavy atom. The van der Waals surface area contributed by atoms with Crippen molar-refractivity contribution in [3.8, 4) is 11.5 Å². The van der Waals surface area contributed by atoms with Crippen LogP contribution in [0.15, 0.2) is 82.0 Å². The van der Waals surface area contributed by atoms with Gasteiger partial charge in [-0.15, -0.1) is 0 Å². The maximum atomic E-state index is 12.2. The highest BCUT2D eigenvalue weighted by atomic mass is 16.6. The Bertz CT molecular complexity index is 1340. The quantitative estimate of drug-likeness (QED) is 0.169. The van der Waals surface area contributed by atoms with Gasteiger partial charge in [-0.3, -0.25) is 10.1 Å². The molecule has 3 aromatic rings. The van der Waals surface area contributed by atoms with E-state index in [-0.39, 0.29) is 28.8 Å². The van der Waals surface area contributed by atoms with Crippen molar-refractivity contribution >= 4 is 35.7 Å². The number of hydrogen-bond donors (Lipinski definition) is 0. The van der Waals surface area contributed by atoms with E-state index in [0.29, 0.717) is 16.9 Å². The predicted molar refractivity (Wildman–Crippen MR) is 120 cm³/mol. The van der Waals surface area contributed by atoms with Gasteiger partial charge in [0.2, 0.25) is 0 Å². The number of ether oxygens (including phenoxy) is 3. The van der Waals surface area contributed by atoms with E-state index in [1.165, 1.54) is 61.9 Å². The molecule has 0 aliphatic carbocycles. The molecule has 0 atom stereocenters. The fourth-order valence-electron chi connectivity index (χ4n) is 2.94. The van der Waals surface area contributed by atoms with Crippen LogP contribution in [0.4, 0.5) is 5.69 Å². The zero-order valence-corrected chi connectivity index (χ0v) is 17.7. The van der Waals surface area contributed by atoms with Crippen LogP contribution in [0.2, 0.25) is 0 Å². The number of nitro benzene ring substituents is 1. The van der Waals surface area contributed by atoms with Gasteiger partial charge in [0.1, 0.15) is 0 Å². The second kappa shape index (κ2) is 9.65. The zero-order chi connectivity index (χ0) is 24.1. The third-order valence-corrected chi connectivity index (χ3v) is 4.57. The molecule has 2 aromatic carbocycles. The van der Waals surface area contributed by atoms with Crippen LogP contribution in [0.3, 0.4) is 0 Å². The van der Waals surface area contributed by atoms with Crippen molar-refractivity contribution in [1.29, 1.82) is 0 Å². The number of aliphatic imine (C=N–C) groups is 1. The lowest BCUT2D eigenvalue weighted by atomic mass is 10.1. The number of cyclic esters (lactones) is 1. The molecule has 1 aromatic heterocycles. The first-order valence-electron chi connectivity index (χ1n) is 9.82. The van der Waals surface area contributed by atoms with Crippen LogP contribution in [0.5, 0.6) is 11.5 Å². The minimum absolute atomic E-state index is 0.0479. The fraction of sp³-hybridized carbons (Fsp3) is 0.0417. The Hall–Kier alpha value is -4.99. The van der Waals surface area contributed by atoms with E-state index in [1.54, 1.807) is 24.3 Å². The Balaban J connectivity index is 1.47. The molecule has 0 saturated heterocycles. The monoisotopic (exact) mass is 460 g/mol. The number of hydrogen-bond acceptors (Lipinski definition) is 9. The number of furan rings is 1.